The second-order valence-electron chi connectivity index (χ2n) is 9.63. The van der Waals surface area contributed by atoms with Gasteiger partial charge in [-0.05, 0) is 61.5 Å². The summed E-state index contributed by atoms with van der Waals surface area (Å²) in [6.07, 6.45) is 5.02. The maximum absolute atomic E-state index is 12.3. The summed E-state index contributed by atoms with van der Waals surface area (Å²) in [7, 11) is 7.44. The van der Waals surface area contributed by atoms with Gasteiger partial charge in [0, 0.05) is 68.2 Å². The van der Waals surface area contributed by atoms with E-state index < -0.39 is 0 Å². The predicted molar refractivity (Wildman–Crippen MR) is 146 cm³/mol. The monoisotopic (exact) mass is 483 g/mol. The maximum Gasteiger partial charge on any atom is 0.253 e. The molecule has 4 aromatic rings. The van der Waals surface area contributed by atoms with Crippen molar-refractivity contribution in [2.24, 2.45) is 0 Å². The SMILES string of the molecule is COc1cc(-c2cnc3[nH]cc(-c4ccc(C(=O)N(C)C)cc4)c3c2)ccc1N1CCCN(C)CC1. The Morgan fingerprint density at radius 3 is 2.50 bits per heavy atom. The second kappa shape index (κ2) is 10.0. The molecular weight excluding hydrogens is 450 g/mol. The van der Waals surface area contributed by atoms with Crippen LogP contribution in [0.25, 0.3) is 33.3 Å². The number of rotatable bonds is 5. The number of likely N-dealkylation sites (N-methyl/N-ethyl adjacent to an activating group) is 1. The molecule has 1 amide bonds. The van der Waals surface area contributed by atoms with Crippen molar-refractivity contribution in [1.82, 2.24) is 19.8 Å². The van der Waals surface area contributed by atoms with Gasteiger partial charge in [0.1, 0.15) is 11.4 Å². The van der Waals surface area contributed by atoms with Gasteiger partial charge in [-0.3, -0.25) is 4.79 Å². The first kappa shape index (κ1) is 23.9. The Balaban J connectivity index is 1.47. The van der Waals surface area contributed by atoms with Gasteiger partial charge in [-0.1, -0.05) is 18.2 Å². The summed E-state index contributed by atoms with van der Waals surface area (Å²) < 4.78 is 5.83. The van der Waals surface area contributed by atoms with Crippen molar-refractivity contribution < 1.29 is 9.53 Å². The maximum atomic E-state index is 12.3. The standard InChI is InChI=1S/C29H33N5O2/c1-32(2)29(35)21-8-6-20(7-9-21)25-19-31-28-24(25)16-23(18-30-28)22-10-11-26(27(17-22)36-4)34-13-5-12-33(3)14-15-34/h6-11,16-19H,5,12-15H2,1-4H3,(H,30,31). The highest BCUT2D eigenvalue weighted by atomic mass is 16.5. The summed E-state index contributed by atoms with van der Waals surface area (Å²) in [4.78, 5) is 26.6. The minimum atomic E-state index is -0.00554. The van der Waals surface area contributed by atoms with Crippen molar-refractivity contribution in [3.05, 3.63) is 66.5 Å². The molecule has 2 aromatic heterocycles. The number of nitrogens with one attached hydrogen (secondary N) is 1. The van der Waals surface area contributed by atoms with Gasteiger partial charge >= 0.3 is 0 Å². The topological polar surface area (TPSA) is 64.7 Å². The highest BCUT2D eigenvalue weighted by Crippen LogP contribution is 2.36. The van der Waals surface area contributed by atoms with E-state index in [1.165, 1.54) is 0 Å². The van der Waals surface area contributed by atoms with E-state index in [2.05, 4.69) is 51.1 Å². The summed E-state index contributed by atoms with van der Waals surface area (Å²) in [6, 6.07) is 16.3. The van der Waals surface area contributed by atoms with E-state index in [4.69, 9.17) is 4.74 Å². The second-order valence-corrected chi connectivity index (χ2v) is 9.63. The van der Waals surface area contributed by atoms with E-state index in [0.29, 0.717) is 5.56 Å². The number of aromatic amines is 1. The van der Waals surface area contributed by atoms with Crippen molar-refractivity contribution in [2.75, 3.05) is 59.3 Å². The van der Waals surface area contributed by atoms with Gasteiger partial charge in [-0.2, -0.15) is 0 Å². The predicted octanol–water partition coefficient (Wildman–Crippen LogP) is 4.75. The van der Waals surface area contributed by atoms with Crippen LogP contribution in [0.1, 0.15) is 16.8 Å². The molecular formula is C29H33N5O2. The molecule has 1 saturated heterocycles. The lowest BCUT2D eigenvalue weighted by atomic mass is 10.0. The molecule has 0 saturated carbocycles. The first-order chi connectivity index (χ1) is 17.4. The molecule has 1 aliphatic rings. The zero-order valence-electron chi connectivity index (χ0n) is 21.4. The molecule has 0 atom stereocenters. The van der Waals surface area contributed by atoms with Crippen LogP contribution in [0.15, 0.2) is 60.9 Å². The fourth-order valence-corrected chi connectivity index (χ4v) is 4.86. The number of ether oxygens (including phenoxy) is 1. The van der Waals surface area contributed by atoms with Crippen LogP contribution in [0.4, 0.5) is 5.69 Å². The Labute approximate surface area is 212 Å². The van der Waals surface area contributed by atoms with Gasteiger partial charge in [0.2, 0.25) is 0 Å². The number of methoxy groups -OCH3 is 1. The number of aromatic nitrogens is 2. The lowest BCUT2D eigenvalue weighted by molar-refractivity contribution is 0.0827. The molecule has 5 rings (SSSR count). The molecule has 1 N–H and O–H groups in total. The number of fused-ring (bicyclic) bond motifs is 1. The summed E-state index contributed by atoms with van der Waals surface area (Å²) in [5.74, 6) is 0.876. The van der Waals surface area contributed by atoms with Crippen LogP contribution in [0.5, 0.6) is 5.75 Å². The number of pyridine rings is 1. The Morgan fingerprint density at radius 1 is 0.972 bits per heavy atom. The van der Waals surface area contributed by atoms with Gasteiger partial charge in [0.15, 0.2) is 0 Å². The number of hydrogen-bond donors (Lipinski definition) is 1. The zero-order chi connectivity index (χ0) is 25.2. The molecule has 7 nitrogen and oxygen atoms in total. The number of amides is 1. The molecule has 36 heavy (non-hydrogen) atoms. The molecule has 0 radical (unpaired) electrons. The minimum absolute atomic E-state index is 0.00554. The van der Waals surface area contributed by atoms with Gasteiger partial charge in [0.25, 0.3) is 5.91 Å². The number of hydrogen-bond acceptors (Lipinski definition) is 5. The first-order valence-corrected chi connectivity index (χ1v) is 12.4. The molecule has 0 aliphatic carbocycles. The number of carbonyl (C=O) groups excluding carboxylic acids is 1. The third-order valence-corrected chi connectivity index (χ3v) is 6.95. The van der Waals surface area contributed by atoms with Crippen molar-refractivity contribution >= 4 is 22.6 Å². The quantitative estimate of drug-likeness (QED) is 0.444. The molecule has 1 aliphatic heterocycles. The van der Waals surface area contributed by atoms with Crippen molar-refractivity contribution in [1.29, 1.82) is 0 Å². The lowest BCUT2D eigenvalue weighted by Crippen LogP contribution is -2.29. The van der Waals surface area contributed by atoms with Crippen molar-refractivity contribution in [2.45, 2.75) is 6.42 Å². The summed E-state index contributed by atoms with van der Waals surface area (Å²) in [5.41, 5.74) is 6.83. The molecule has 0 unspecified atom stereocenters. The van der Waals surface area contributed by atoms with Gasteiger partial charge < -0.3 is 24.4 Å². The molecule has 0 bridgehead atoms. The van der Waals surface area contributed by atoms with E-state index >= 15 is 0 Å². The number of nitrogens with zero attached hydrogens (tertiary/aromatic N) is 4. The van der Waals surface area contributed by atoms with E-state index in [1.54, 1.807) is 26.1 Å². The normalized spacial score (nSPS) is 14.6. The Morgan fingerprint density at radius 2 is 1.75 bits per heavy atom. The highest BCUT2D eigenvalue weighted by Gasteiger charge is 2.18. The van der Waals surface area contributed by atoms with Crippen molar-refractivity contribution in [3.8, 4) is 28.0 Å². The van der Waals surface area contributed by atoms with Crippen LogP contribution >= 0.6 is 0 Å². The van der Waals surface area contributed by atoms with E-state index in [1.807, 2.05) is 36.7 Å². The summed E-state index contributed by atoms with van der Waals surface area (Å²) in [6.45, 7) is 4.19. The molecule has 186 valence electrons. The number of H-pyrrole nitrogens is 1. The molecule has 7 heteroatoms. The van der Waals surface area contributed by atoms with E-state index in [-0.39, 0.29) is 5.91 Å². The number of carbonyl (C=O) groups is 1. The van der Waals surface area contributed by atoms with Crippen LogP contribution < -0.4 is 9.64 Å². The third kappa shape index (κ3) is 4.66. The average Bonchev–Trinajstić information content (AvgIpc) is 3.21. The van der Waals surface area contributed by atoms with Crippen LogP contribution in [-0.4, -0.2) is 80.1 Å². The number of anilines is 1. The van der Waals surface area contributed by atoms with Crippen LogP contribution in [-0.2, 0) is 0 Å². The third-order valence-electron chi connectivity index (χ3n) is 6.95. The smallest absolute Gasteiger partial charge is 0.253 e. The minimum Gasteiger partial charge on any atom is -0.495 e. The highest BCUT2D eigenvalue weighted by molar-refractivity contribution is 5.98. The Kier molecular flexibility index (Phi) is 6.65. The summed E-state index contributed by atoms with van der Waals surface area (Å²) in [5, 5.41) is 1.04. The van der Waals surface area contributed by atoms with Gasteiger partial charge in [-0.15, -0.1) is 0 Å². The molecule has 2 aromatic carbocycles. The van der Waals surface area contributed by atoms with Gasteiger partial charge in [0.05, 0.1) is 12.8 Å². The lowest BCUT2D eigenvalue weighted by Gasteiger charge is -2.25. The van der Waals surface area contributed by atoms with Crippen LogP contribution in [0.2, 0.25) is 0 Å². The number of benzene rings is 2. The first-order valence-electron chi connectivity index (χ1n) is 12.4. The van der Waals surface area contributed by atoms with Gasteiger partial charge in [-0.25, -0.2) is 4.98 Å². The average molecular weight is 484 g/mol. The van der Waals surface area contributed by atoms with Crippen LogP contribution in [0, 0.1) is 0 Å². The molecule has 0 spiro atoms. The molecule has 1 fully saturated rings. The fraction of sp³-hybridized carbons (Fsp3) is 0.310. The zero-order valence-corrected chi connectivity index (χ0v) is 21.4. The van der Waals surface area contributed by atoms with Crippen LogP contribution in [0.3, 0.4) is 0 Å². The largest absolute Gasteiger partial charge is 0.495 e. The Hall–Kier alpha value is -3.84. The van der Waals surface area contributed by atoms with E-state index in [9.17, 15) is 4.79 Å². The van der Waals surface area contributed by atoms with Crippen molar-refractivity contribution in [3.63, 3.8) is 0 Å². The van der Waals surface area contributed by atoms with E-state index in [0.717, 1.165) is 77.3 Å². The molecule has 3 heterocycles. The Bertz CT molecular complexity index is 1380. The fourth-order valence-electron chi connectivity index (χ4n) is 4.86. The summed E-state index contributed by atoms with van der Waals surface area (Å²) >= 11 is 0.